The van der Waals surface area contributed by atoms with Crippen molar-refractivity contribution in [2.75, 3.05) is 19.8 Å². The van der Waals surface area contributed by atoms with Gasteiger partial charge in [-0.15, -0.1) is 0 Å². The minimum absolute atomic E-state index is 0.0822. The Morgan fingerprint density at radius 3 is 2.14 bits per heavy atom. The summed E-state index contributed by atoms with van der Waals surface area (Å²) < 4.78 is 12.4. The Balaban J connectivity index is 1.54. The molecular weight excluding hydrogens is 524 g/mol. The predicted molar refractivity (Wildman–Crippen MR) is 167 cm³/mol. The third kappa shape index (κ3) is 6.72. The number of amides is 1. The number of aliphatic hydroxyl groups excluding tert-OH is 1. The number of rotatable bonds is 12. The average molecular weight is 563 g/mol. The maximum atomic E-state index is 14.2. The van der Waals surface area contributed by atoms with Gasteiger partial charge >= 0.3 is 0 Å². The van der Waals surface area contributed by atoms with Crippen LogP contribution >= 0.6 is 0 Å². The molecule has 1 amide bonds. The van der Waals surface area contributed by atoms with Crippen molar-refractivity contribution in [2.24, 2.45) is 10.9 Å². The van der Waals surface area contributed by atoms with Crippen LogP contribution in [0.1, 0.15) is 43.1 Å². The molecule has 0 radical (unpaired) electrons. The normalized spacial score (nSPS) is 17.9. The highest BCUT2D eigenvalue weighted by Gasteiger charge is 2.53. The summed E-state index contributed by atoms with van der Waals surface area (Å²) in [7, 11) is 0. The number of benzene rings is 4. The zero-order chi connectivity index (χ0) is 29.4. The summed E-state index contributed by atoms with van der Waals surface area (Å²) in [4.78, 5) is 19.3. The average Bonchev–Trinajstić information content (AvgIpc) is 3.41. The number of carbonyl (C=O) groups is 1. The van der Waals surface area contributed by atoms with Crippen molar-refractivity contribution in [1.29, 1.82) is 0 Å². The SMILES string of the molecule is CC(C)CNC(=O)[C@]1(Cc2ccccc2)N=C(c2ccc(OCCCO)cc2)O[C@@H]1c1ccc(-c2ccccc2)cc1. The van der Waals surface area contributed by atoms with Gasteiger partial charge in [0.15, 0.2) is 11.6 Å². The fourth-order valence-corrected chi connectivity index (χ4v) is 5.12. The fourth-order valence-electron chi connectivity index (χ4n) is 5.12. The predicted octanol–water partition coefficient (Wildman–Crippen LogP) is 6.39. The second-order valence-electron chi connectivity index (χ2n) is 11.0. The van der Waals surface area contributed by atoms with Crippen molar-refractivity contribution in [3.05, 3.63) is 126 Å². The number of carbonyl (C=O) groups excluding carboxylic acids is 1. The first-order valence-electron chi connectivity index (χ1n) is 14.6. The minimum atomic E-state index is -1.21. The summed E-state index contributed by atoms with van der Waals surface area (Å²) in [6.45, 7) is 5.21. The molecule has 6 heteroatoms. The Labute approximate surface area is 248 Å². The summed E-state index contributed by atoms with van der Waals surface area (Å²) in [5.74, 6) is 1.25. The maximum absolute atomic E-state index is 14.2. The van der Waals surface area contributed by atoms with E-state index in [4.69, 9.17) is 19.6 Å². The van der Waals surface area contributed by atoms with Crippen LogP contribution in [0.4, 0.5) is 0 Å². The molecule has 5 rings (SSSR count). The van der Waals surface area contributed by atoms with Crippen LogP contribution in [0.2, 0.25) is 0 Å². The van der Waals surface area contributed by atoms with Gasteiger partial charge in [-0.1, -0.05) is 98.8 Å². The largest absolute Gasteiger partial charge is 0.494 e. The molecule has 0 aromatic heterocycles. The molecule has 0 saturated heterocycles. The molecule has 1 heterocycles. The van der Waals surface area contributed by atoms with E-state index in [9.17, 15) is 4.79 Å². The lowest BCUT2D eigenvalue weighted by Crippen LogP contribution is -2.50. The van der Waals surface area contributed by atoms with E-state index in [-0.39, 0.29) is 18.4 Å². The smallest absolute Gasteiger partial charge is 0.252 e. The van der Waals surface area contributed by atoms with E-state index in [0.717, 1.165) is 27.8 Å². The van der Waals surface area contributed by atoms with Gasteiger partial charge < -0.3 is 19.9 Å². The molecule has 4 aromatic carbocycles. The first kappa shape index (κ1) is 29.1. The van der Waals surface area contributed by atoms with Crippen LogP contribution in [0.3, 0.4) is 0 Å². The van der Waals surface area contributed by atoms with Crippen LogP contribution in [0.5, 0.6) is 5.75 Å². The van der Waals surface area contributed by atoms with E-state index in [1.54, 1.807) is 0 Å². The van der Waals surface area contributed by atoms with Crippen LogP contribution in [0.15, 0.2) is 114 Å². The second kappa shape index (κ2) is 13.5. The Kier molecular flexibility index (Phi) is 9.35. The van der Waals surface area contributed by atoms with E-state index in [1.165, 1.54) is 0 Å². The van der Waals surface area contributed by atoms with Gasteiger partial charge in [-0.3, -0.25) is 4.79 Å². The van der Waals surface area contributed by atoms with Gasteiger partial charge in [0.05, 0.1) is 6.61 Å². The first-order valence-corrected chi connectivity index (χ1v) is 14.6. The van der Waals surface area contributed by atoms with Crippen LogP contribution in [0.25, 0.3) is 11.1 Å². The summed E-state index contributed by atoms with van der Waals surface area (Å²) in [5, 5.41) is 12.2. The molecule has 0 aliphatic carbocycles. The Morgan fingerprint density at radius 2 is 1.50 bits per heavy atom. The van der Waals surface area contributed by atoms with Crippen LogP contribution in [-0.2, 0) is 16.0 Å². The molecule has 1 aliphatic heterocycles. The minimum Gasteiger partial charge on any atom is -0.494 e. The number of aliphatic hydroxyl groups is 1. The molecule has 6 nitrogen and oxygen atoms in total. The van der Waals surface area contributed by atoms with Crippen LogP contribution < -0.4 is 10.1 Å². The van der Waals surface area contributed by atoms with Crippen LogP contribution in [0, 0.1) is 5.92 Å². The molecule has 42 heavy (non-hydrogen) atoms. The number of nitrogens with one attached hydrogen (secondary N) is 1. The first-order chi connectivity index (χ1) is 20.5. The fraction of sp³-hybridized carbons (Fsp3) is 0.278. The van der Waals surface area contributed by atoms with Gasteiger partial charge in [0, 0.05) is 31.6 Å². The lowest BCUT2D eigenvalue weighted by atomic mass is 9.81. The van der Waals surface area contributed by atoms with Crippen LogP contribution in [-0.4, -0.2) is 42.2 Å². The highest BCUT2D eigenvalue weighted by molar-refractivity contribution is 6.01. The van der Waals surface area contributed by atoms with E-state index >= 15 is 0 Å². The third-order valence-corrected chi connectivity index (χ3v) is 7.34. The standard InChI is InChI=1S/C36H38N2O4/c1-26(2)25-37-35(40)36(24-27-10-5-3-6-11-27)33(30-16-14-29(15-17-30)28-12-7-4-8-13-28)42-34(38-36)31-18-20-32(21-19-31)41-23-9-22-39/h3-8,10-21,26,33,39H,9,22-25H2,1-2H3,(H,37,40)/t33-,36-/m1/s1. The number of hydrogen-bond donors (Lipinski definition) is 2. The Hall–Kier alpha value is -4.42. The second-order valence-corrected chi connectivity index (χ2v) is 11.0. The highest BCUT2D eigenvalue weighted by atomic mass is 16.5. The van der Waals surface area contributed by atoms with Gasteiger partial charge in [0.1, 0.15) is 5.75 Å². The van der Waals surface area contributed by atoms with Crippen molar-refractivity contribution in [2.45, 2.75) is 38.3 Å². The number of hydrogen-bond acceptors (Lipinski definition) is 5. The monoisotopic (exact) mass is 562 g/mol. The number of aliphatic imine (C=N–C) groups is 1. The molecule has 0 saturated carbocycles. The molecular formula is C36H38N2O4. The molecule has 2 atom stereocenters. The van der Waals surface area contributed by atoms with Crippen molar-refractivity contribution < 1.29 is 19.4 Å². The third-order valence-electron chi connectivity index (χ3n) is 7.34. The van der Waals surface area contributed by atoms with Crippen molar-refractivity contribution in [1.82, 2.24) is 5.32 Å². The summed E-state index contributed by atoms with van der Waals surface area (Å²) in [6, 6.07) is 35.9. The highest BCUT2D eigenvalue weighted by Crippen LogP contribution is 2.43. The molecule has 0 bridgehead atoms. The van der Waals surface area contributed by atoms with E-state index < -0.39 is 11.6 Å². The number of ether oxygens (including phenoxy) is 2. The zero-order valence-corrected chi connectivity index (χ0v) is 24.2. The molecule has 216 valence electrons. The van der Waals surface area contributed by atoms with Gasteiger partial charge in [0.25, 0.3) is 5.91 Å². The summed E-state index contributed by atoms with van der Waals surface area (Å²) in [5.41, 5.74) is 3.66. The quantitative estimate of drug-likeness (QED) is 0.196. The Morgan fingerprint density at radius 1 is 0.881 bits per heavy atom. The Bertz CT molecular complexity index is 1470. The summed E-state index contributed by atoms with van der Waals surface area (Å²) in [6.07, 6.45) is 0.315. The van der Waals surface area contributed by atoms with Crippen molar-refractivity contribution in [3.8, 4) is 16.9 Å². The molecule has 2 N–H and O–H groups in total. The number of nitrogens with zero attached hydrogens (tertiary/aromatic N) is 1. The van der Waals surface area contributed by atoms with Gasteiger partial charge in [0.2, 0.25) is 5.90 Å². The van der Waals surface area contributed by atoms with Crippen molar-refractivity contribution >= 4 is 11.8 Å². The molecule has 0 unspecified atom stereocenters. The zero-order valence-electron chi connectivity index (χ0n) is 24.2. The summed E-state index contributed by atoms with van der Waals surface area (Å²) >= 11 is 0. The van der Waals surface area contributed by atoms with Crippen molar-refractivity contribution in [3.63, 3.8) is 0 Å². The molecule has 4 aromatic rings. The van der Waals surface area contributed by atoms with E-state index in [0.29, 0.717) is 37.6 Å². The topological polar surface area (TPSA) is 80.2 Å². The molecule has 0 fully saturated rings. The lowest BCUT2D eigenvalue weighted by molar-refractivity contribution is -0.129. The lowest BCUT2D eigenvalue weighted by Gasteiger charge is -2.31. The molecule has 0 spiro atoms. The van der Waals surface area contributed by atoms with Gasteiger partial charge in [-0.2, -0.15) is 0 Å². The molecule has 1 aliphatic rings. The van der Waals surface area contributed by atoms with E-state index in [1.807, 2.05) is 84.9 Å². The maximum Gasteiger partial charge on any atom is 0.252 e. The van der Waals surface area contributed by atoms with Gasteiger partial charge in [-0.05, 0) is 52.4 Å². The van der Waals surface area contributed by atoms with E-state index in [2.05, 4.69) is 43.4 Å². The van der Waals surface area contributed by atoms with Gasteiger partial charge in [-0.25, -0.2) is 4.99 Å².